The van der Waals surface area contributed by atoms with Gasteiger partial charge in [-0.3, -0.25) is 4.99 Å². The molecule has 5 nitrogen and oxygen atoms in total. The van der Waals surface area contributed by atoms with Crippen LogP contribution in [0.5, 0.6) is 0 Å². The Morgan fingerprint density at radius 3 is 2.80 bits per heavy atom. The van der Waals surface area contributed by atoms with Crippen LogP contribution in [-0.4, -0.2) is 57.3 Å². The number of aliphatic imine (C=N–C) groups is 1. The van der Waals surface area contributed by atoms with Gasteiger partial charge in [-0.2, -0.15) is 0 Å². The molecule has 1 aromatic rings. The second-order valence-electron chi connectivity index (χ2n) is 5.89. The second kappa shape index (κ2) is 13.0. The molecule has 1 aliphatic heterocycles. The molecule has 0 atom stereocenters. The zero-order valence-corrected chi connectivity index (χ0v) is 16.0. The van der Waals surface area contributed by atoms with Crippen LogP contribution >= 0.6 is 11.8 Å². The number of hydrogen-bond donors (Lipinski definition) is 2. The van der Waals surface area contributed by atoms with Crippen LogP contribution in [0.25, 0.3) is 0 Å². The Morgan fingerprint density at radius 2 is 2.04 bits per heavy atom. The molecule has 25 heavy (non-hydrogen) atoms. The lowest BCUT2D eigenvalue weighted by Gasteiger charge is -2.22. The minimum absolute atomic E-state index is 0.374. The molecule has 140 valence electrons. The Balaban J connectivity index is 1.57. The molecule has 2 N–H and O–H groups in total. The van der Waals surface area contributed by atoms with Crippen LogP contribution in [0.15, 0.2) is 40.2 Å². The lowest BCUT2D eigenvalue weighted by Crippen LogP contribution is -2.38. The third-order valence-electron chi connectivity index (χ3n) is 3.84. The highest BCUT2D eigenvalue weighted by Gasteiger charge is 2.13. The summed E-state index contributed by atoms with van der Waals surface area (Å²) in [5.74, 6) is 1.91. The van der Waals surface area contributed by atoms with Crippen LogP contribution in [-0.2, 0) is 9.47 Å². The fraction of sp³-hybridized carbons (Fsp3) is 0.632. The van der Waals surface area contributed by atoms with Gasteiger partial charge in [0, 0.05) is 50.1 Å². The Labute approximate surface area is 156 Å². The Bertz CT molecular complexity index is 479. The second-order valence-corrected chi connectivity index (χ2v) is 7.05. The molecule has 1 saturated heterocycles. The Kier molecular flexibility index (Phi) is 10.5. The van der Waals surface area contributed by atoms with E-state index in [1.165, 1.54) is 4.90 Å². The van der Waals surface area contributed by atoms with Gasteiger partial charge in [0.1, 0.15) is 0 Å². The molecule has 1 heterocycles. The van der Waals surface area contributed by atoms with Crippen molar-refractivity contribution in [1.82, 2.24) is 10.6 Å². The van der Waals surface area contributed by atoms with Gasteiger partial charge in [-0.15, -0.1) is 11.8 Å². The van der Waals surface area contributed by atoms with Gasteiger partial charge in [-0.25, -0.2) is 0 Å². The zero-order chi connectivity index (χ0) is 17.6. The van der Waals surface area contributed by atoms with Crippen molar-refractivity contribution in [2.24, 2.45) is 4.99 Å². The summed E-state index contributed by atoms with van der Waals surface area (Å²) in [6.45, 7) is 7.07. The van der Waals surface area contributed by atoms with Crippen molar-refractivity contribution >= 4 is 17.7 Å². The van der Waals surface area contributed by atoms with E-state index in [4.69, 9.17) is 9.47 Å². The molecule has 0 bridgehead atoms. The van der Waals surface area contributed by atoms with Crippen LogP contribution in [0.1, 0.15) is 26.2 Å². The Morgan fingerprint density at radius 1 is 1.24 bits per heavy atom. The first-order chi connectivity index (χ1) is 12.4. The van der Waals surface area contributed by atoms with E-state index in [0.717, 1.165) is 70.4 Å². The average Bonchev–Trinajstić information content (AvgIpc) is 2.66. The fourth-order valence-corrected chi connectivity index (χ4v) is 3.33. The summed E-state index contributed by atoms with van der Waals surface area (Å²) in [6.07, 6.45) is 3.37. The van der Waals surface area contributed by atoms with E-state index < -0.39 is 0 Å². The molecule has 6 heteroatoms. The van der Waals surface area contributed by atoms with Crippen LogP contribution in [0.2, 0.25) is 0 Å². The van der Waals surface area contributed by atoms with E-state index in [9.17, 15) is 0 Å². The molecule has 0 saturated carbocycles. The molecule has 1 fully saturated rings. The van der Waals surface area contributed by atoms with E-state index in [2.05, 4.69) is 46.8 Å². The largest absolute Gasteiger partial charge is 0.381 e. The summed E-state index contributed by atoms with van der Waals surface area (Å²) in [6, 6.07) is 10.5. The van der Waals surface area contributed by atoms with E-state index in [0.29, 0.717) is 6.10 Å². The van der Waals surface area contributed by atoms with Gasteiger partial charge in [-0.05, 0) is 38.3 Å². The molecule has 0 spiro atoms. The van der Waals surface area contributed by atoms with Crippen molar-refractivity contribution in [2.75, 3.05) is 45.2 Å². The summed E-state index contributed by atoms with van der Waals surface area (Å²) >= 11 is 1.85. The fourth-order valence-electron chi connectivity index (χ4n) is 2.54. The maximum Gasteiger partial charge on any atom is 0.191 e. The highest BCUT2D eigenvalue weighted by atomic mass is 32.2. The molecule has 0 aliphatic carbocycles. The highest BCUT2D eigenvalue weighted by molar-refractivity contribution is 7.99. The zero-order valence-electron chi connectivity index (χ0n) is 15.2. The number of ether oxygens (including phenoxy) is 2. The first-order valence-corrected chi connectivity index (χ1v) is 10.3. The van der Waals surface area contributed by atoms with Gasteiger partial charge >= 0.3 is 0 Å². The van der Waals surface area contributed by atoms with Crippen LogP contribution in [0, 0.1) is 0 Å². The van der Waals surface area contributed by atoms with Gasteiger partial charge in [0.05, 0.1) is 6.10 Å². The lowest BCUT2D eigenvalue weighted by atomic mass is 10.1. The van der Waals surface area contributed by atoms with Gasteiger partial charge < -0.3 is 20.1 Å². The topological polar surface area (TPSA) is 54.9 Å². The summed E-state index contributed by atoms with van der Waals surface area (Å²) in [5.41, 5.74) is 0. The average molecular weight is 366 g/mol. The van der Waals surface area contributed by atoms with E-state index in [-0.39, 0.29) is 0 Å². The molecule has 1 aromatic carbocycles. The third-order valence-corrected chi connectivity index (χ3v) is 4.86. The number of thioether (sulfide) groups is 1. The number of guanidine groups is 1. The maximum absolute atomic E-state index is 5.88. The van der Waals surface area contributed by atoms with Crippen molar-refractivity contribution in [3.63, 3.8) is 0 Å². The first kappa shape index (κ1) is 20.1. The molecular weight excluding hydrogens is 334 g/mol. The number of rotatable bonds is 10. The maximum atomic E-state index is 5.88. The van der Waals surface area contributed by atoms with Gasteiger partial charge in [0.2, 0.25) is 0 Å². The Hall–Kier alpha value is -1.24. The van der Waals surface area contributed by atoms with Gasteiger partial charge in [0.25, 0.3) is 0 Å². The normalized spacial score (nSPS) is 16.0. The smallest absolute Gasteiger partial charge is 0.191 e. The van der Waals surface area contributed by atoms with Crippen molar-refractivity contribution in [1.29, 1.82) is 0 Å². The van der Waals surface area contributed by atoms with Crippen molar-refractivity contribution in [2.45, 2.75) is 37.2 Å². The minimum Gasteiger partial charge on any atom is -0.381 e. The molecule has 0 aromatic heterocycles. The van der Waals surface area contributed by atoms with Crippen LogP contribution in [0.3, 0.4) is 0 Å². The van der Waals surface area contributed by atoms with E-state index in [1.54, 1.807) is 0 Å². The van der Waals surface area contributed by atoms with Crippen molar-refractivity contribution in [3.05, 3.63) is 30.3 Å². The molecule has 0 unspecified atom stereocenters. The monoisotopic (exact) mass is 365 g/mol. The van der Waals surface area contributed by atoms with Crippen molar-refractivity contribution < 1.29 is 9.47 Å². The first-order valence-electron chi connectivity index (χ1n) is 9.28. The van der Waals surface area contributed by atoms with Gasteiger partial charge in [-0.1, -0.05) is 18.2 Å². The lowest BCUT2D eigenvalue weighted by molar-refractivity contribution is -0.0318. The third kappa shape index (κ3) is 9.14. The number of nitrogens with one attached hydrogen (secondary N) is 2. The summed E-state index contributed by atoms with van der Waals surface area (Å²) in [5, 5.41) is 6.69. The quantitative estimate of drug-likeness (QED) is 0.289. The molecule has 1 aliphatic rings. The van der Waals surface area contributed by atoms with E-state index >= 15 is 0 Å². The molecule has 0 radical (unpaired) electrons. The highest BCUT2D eigenvalue weighted by Crippen LogP contribution is 2.15. The van der Waals surface area contributed by atoms with Crippen LogP contribution in [0.4, 0.5) is 0 Å². The predicted octanol–water partition coefficient (Wildman–Crippen LogP) is 2.92. The molecule has 2 rings (SSSR count). The number of nitrogens with zero attached hydrogens (tertiary/aromatic N) is 1. The van der Waals surface area contributed by atoms with Gasteiger partial charge in [0.15, 0.2) is 5.96 Å². The SMILES string of the molecule is CCNC(=NCCCOC1CCOCC1)NCCSc1ccccc1. The predicted molar refractivity (Wildman–Crippen MR) is 106 cm³/mol. The minimum atomic E-state index is 0.374. The number of hydrogen-bond acceptors (Lipinski definition) is 4. The standard InChI is InChI=1S/C19H31N3O2S/c1-2-20-19(22-12-16-25-18-7-4-3-5-8-18)21-11-6-13-24-17-9-14-23-15-10-17/h3-5,7-8,17H,2,6,9-16H2,1H3,(H2,20,21,22). The summed E-state index contributed by atoms with van der Waals surface area (Å²) < 4.78 is 11.2. The summed E-state index contributed by atoms with van der Waals surface area (Å²) in [4.78, 5) is 5.92. The summed E-state index contributed by atoms with van der Waals surface area (Å²) in [7, 11) is 0. The van der Waals surface area contributed by atoms with E-state index in [1.807, 2.05) is 17.8 Å². The number of benzene rings is 1. The molecule has 0 amide bonds. The van der Waals surface area contributed by atoms with Crippen LogP contribution < -0.4 is 10.6 Å². The molecular formula is C19H31N3O2S. The van der Waals surface area contributed by atoms with Crippen molar-refractivity contribution in [3.8, 4) is 0 Å².